The third-order valence-electron chi connectivity index (χ3n) is 1.42. The molecule has 0 amide bonds. The van der Waals surface area contributed by atoms with Gasteiger partial charge in [-0.25, -0.2) is 0 Å². The normalized spacial score (nSPS) is 10.7. The summed E-state index contributed by atoms with van der Waals surface area (Å²) in [5.41, 5.74) is 2.21. The first-order chi connectivity index (χ1) is 5.24. The fourth-order valence-corrected chi connectivity index (χ4v) is 1.17. The highest BCUT2D eigenvalue weighted by atomic mass is 79.9. The Hall–Kier alpha value is -0.830. The maximum atomic E-state index is 5.00. The largest absolute Gasteiger partial charge is 0.323 e. The molecule has 0 unspecified atom stereocenters. The van der Waals surface area contributed by atoms with Gasteiger partial charge in [0.25, 0.3) is 0 Å². The molecule has 0 aromatic heterocycles. The molecule has 0 heterocycles. The summed E-state index contributed by atoms with van der Waals surface area (Å²) in [4.78, 5) is 0. The molecule has 0 bridgehead atoms. The van der Waals surface area contributed by atoms with Gasteiger partial charge in [0, 0.05) is 4.47 Å². The molecule has 1 aromatic rings. The van der Waals surface area contributed by atoms with Crippen LogP contribution in [-0.2, 0) is 0 Å². The number of hydrogen-bond donors (Lipinski definition) is 1. The molecule has 58 valence electrons. The molecule has 0 fully saturated rings. The second-order valence-corrected chi connectivity index (χ2v) is 3.14. The minimum Gasteiger partial charge on any atom is -0.323 e. The van der Waals surface area contributed by atoms with E-state index in [-0.39, 0.29) is 0 Å². The number of nitrogens with two attached hydrogens (primary N) is 1. The summed E-state index contributed by atoms with van der Waals surface area (Å²) >= 11 is 3.41. The van der Waals surface area contributed by atoms with Crippen LogP contribution in [0.2, 0.25) is 0 Å². The van der Waals surface area contributed by atoms with E-state index < -0.39 is 0 Å². The van der Waals surface area contributed by atoms with Crippen molar-refractivity contribution in [2.75, 3.05) is 0 Å². The lowest BCUT2D eigenvalue weighted by molar-refractivity contribution is 1.26. The van der Waals surface area contributed by atoms with E-state index in [9.17, 15) is 0 Å². The van der Waals surface area contributed by atoms with Crippen molar-refractivity contribution in [3.05, 3.63) is 33.8 Å². The van der Waals surface area contributed by atoms with Crippen LogP contribution in [0, 0.1) is 6.92 Å². The van der Waals surface area contributed by atoms with Crippen LogP contribution in [-0.4, -0.2) is 6.21 Å². The molecular weight excluding hydrogens is 204 g/mol. The van der Waals surface area contributed by atoms with E-state index >= 15 is 0 Å². The van der Waals surface area contributed by atoms with Crippen LogP contribution in [0.3, 0.4) is 0 Å². The van der Waals surface area contributed by atoms with Gasteiger partial charge < -0.3 is 5.84 Å². The fourth-order valence-electron chi connectivity index (χ4n) is 0.775. The average Bonchev–Trinajstić information content (AvgIpc) is 1.98. The van der Waals surface area contributed by atoms with E-state index in [1.54, 1.807) is 6.21 Å². The van der Waals surface area contributed by atoms with Crippen molar-refractivity contribution in [1.82, 2.24) is 0 Å². The summed E-state index contributed by atoms with van der Waals surface area (Å²) in [5, 5.41) is 3.43. The lowest BCUT2D eigenvalue weighted by atomic mass is 10.2. The van der Waals surface area contributed by atoms with Gasteiger partial charge in [0.2, 0.25) is 0 Å². The highest BCUT2D eigenvalue weighted by Gasteiger charge is 1.93. The van der Waals surface area contributed by atoms with Gasteiger partial charge in [0.05, 0.1) is 6.21 Å². The van der Waals surface area contributed by atoms with Gasteiger partial charge in [-0.15, -0.1) is 0 Å². The molecule has 0 radical (unpaired) electrons. The minimum atomic E-state index is 1.00. The fraction of sp³-hybridized carbons (Fsp3) is 0.125. The quantitative estimate of drug-likeness (QED) is 0.432. The van der Waals surface area contributed by atoms with Crippen molar-refractivity contribution in [3.8, 4) is 0 Å². The predicted molar refractivity (Wildman–Crippen MR) is 50.7 cm³/mol. The number of nitrogens with zero attached hydrogens (tertiary/aromatic N) is 1. The van der Waals surface area contributed by atoms with Crippen molar-refractivity contribution in [3.63, 3.8) is 0 Å². The van der Waals surface area contributed by atoms with Crippen molar-refractivity contribution < 1.29 is 0 Å². The van der Waals surface area contributed by atoms with Gasteiger partial charge in [-0.3, -0.25) is 0 Å². The summed E-state index contributed by atoms with van der Waals surface area (Å²) in [5.74, 6) is 5.00. The molecule has 1 aromatic carbocycles. The SMILES string of the molecule is Cc1ccc(C=NN)cc1Br. The van der Waals surface area contributed by atoms with E-state index in [2.05, 4.69) is 21.0 Å². The van der Waals surface area contributed by atoms with E-state index in [1.807, 2.05) is 25.1 Å². The zero-order chi connectivity index (χ0) is 8.27. The second kappa shape index (κ2) is 3.53. The number of aryl methyl sites for hydroxylation is 1. The smallest absolute Gasteiger partial charge is 0.0538 e. The first-order valence-electron chi connectivity index (χ1n) is 3.23. The Morgan fingerprint density at radius 1 is 1.55 bits per heavy atom. The monoisotopic (exact) mass is 212 g/mol. The molecule has 1 rings (SSSR count). The second-order valence-electron chi connectivity index (χ2n) is 2.29. The first kappa shape index (κ1) is 8.27. The highest BCUT2D eigenvalue weighted by molar-refractivity contribution is 9.10. The summed E-state index contributed by atoms with van der Waals surface area (Å²) in [6, 6.07) is 5.96. The predicted octanol–water partition coefficient (Wildman–Crippen LogP) is 2.05. The van der Waals surface area contributed by atoms with Crippen LogP contribution in [0.25, 0.3) is 0 Å². The van der Waals surface area contributed by atoms with Crippen molar-refractivity contribution in [2.45, 2.75) is 6.92 Å². The molecule has 2 nitrogen and oxygen atoms in total. The molecule has 2 N–H and O–H groups in total. The van der Waals surface area contributed by atoms with Crippen LogP contribution in [0.5, 0.6) is 0 Å². The number of hydrogen-bond acceptors (Lipinski definition) is 2. The Morgan fingerprint density at radius 2 is 2.27 bits per heavy atom. The summed E-state index contributed by atoms with van der Waals surface area (Å²) < 4.78 is 1.08. The molecule has 0 atom stereocenters. The number of halogens is 1. The van der Waals surface area contributed by atoms with Crippen molar-refractivity contribution >= 4 is 22.1 Å². The van der Waals surface area contributed by atoms with Gasteiger partial charge >= 0.3 is 0 Å². The van der Waals surface area contributed by atoms with Gasteiger partial charge in [-0.2, -0.15) is 5.10 Å². The maximum absolute atomic E-state index is 5.00. The van der Waals surface area contributed by atoms with Crippen LogP contribution in [0.15, 0.2) is 27.8 Å². The highest BCUT2D eigenvalue weighted by Crippen LogP contribution is 2.16. The molecule has 3 heteroatoms. The van der Waals surface area contributed by atoms with Gasteiger partial charge in [-0.1, -0.05) is 28.1 Å². The molecule has 11 heavy (non-hydrogen) atoms. The summed E-state index contributed by atoms with van der Waals surface area (Å²) in [7, 11) is 0. The van der Waals surface area contributed by atoms with E-state index in [0.717, 1.165) is 10.0 Å². The van der Waals surface area contributed by atoms with E-state index in [0.29, 0.717) is 0 Å². The Labute approximate surface area is 74.2 Å². The minimum absolute atomic E-state index is 1.00. The molecule has 0 aliphatic carbocycles. The molecule has 0 saturated carbocycles. The van der Waals surface area contributed by atoms with Crippen molar-refractivity contribution in [1.29, 1.82) is 0 Å². The lowest BCUT2D eigenvalue weighted by Crippen LogP contribution is -1.86. The van der Waals surface area contributed by atoms with Crippen LogP contribution in [0.1, 0.15) is 11.1 Å². The molecule has 0 aliphatic heterocycles. The lowest BCUT2D eigenvalue weighted by Gasteiger charge is -1.97. The number of benzene rings is 1. The Bertz CT molecular complexity index is 281. The van der Waals surface area contributed by atoms with Crippen LogP contribution in [0.4, 0.5) is 0 Å². The zero-order valence-electron chi connectivity index (χ0n) is 6.21. The summed E-state index contributed by atoms with van der Waals surface area (Å²) in [6.45, 7) is 2.04. The van der Waals surface area contributed by atoms with Crippen molar-refractivity contribution in [2.24, 2.45) is 10.9 Å². The molecule has 0 spiro atoms. The third-order valence-corrected chi connectivity index (χ3v) is 2.27. The number of hydrazone groups is 1. The first-order valence-corrected chi connectivity index (χ1v) is 4.03. The third kappa shape index (κ3) is 2.05. The van der Waals surface area contributed by atoms with Gasteiger partial charge in [-0.05, 0) is 24.1 Å². The number of rotatable bonds is 1. The van der Waals surface area contributed by atoms with Gasteiger partial charge in [0.1, 0.15) is 0 Å². The Balaban J connectivity index is 3.05. The topological polar surface area (TPSA) is 38.4 Å². The van der Waals surface area contributed by atoms with Crippen LogP contribution < -0.4 is 5.84 Å². The standard InChI is InChI=1S/C8H9BrN2/c1-6-2-3-7(5-11-10)4-8(6)9/h2-5H,10H2,1H3. The molecular formula is C8H9BrN2. The summed E-state index contributed by atoms with van der Waals surface area (Å²) in [6.07, 6.45) is 1.62. The Kier molecular flexibility index (Phi) is 2.65. The van der Waals surface area contributed by atoms with Gasteiger partial charge in [0.15, 0.2) is 0 Å². The molecule has 0 aliphatic rings. The van der Waals surface area contributed by atoms with Crippen LogP contribution >= 0.6 is 15.9 Å². The van der Waals surface area contributed by atoms with E-state index in [1.165, 1.54) is 5.56 Å². The van der Waals surface area contributed by atoms with E-state index in [4.69, 9.17) is 5.84 Å². The maximum Gasteiger partial charge on any atom is 0.0538 e. The zero-order valence-corrected chi connectivity index (χ0v) is 7.80. The average molecular weight is 213 g/mol. The Morgan fingerprint density at radius 3 is 2.82 bits per heavy atom. The molecule has 0 saturated heterocycles.